The molecule has 124 valence electrons. The van der Waals surface area contributed by atoms with E-state index in [1.807, 2.05) is 5.38 Å². The van der Waals surface area contributed by atoms with Crippen molar-refractivity contribution in [1.29, 1.82) is 0 Å². The van der Waals surface area contributed by atoms with Gasteiger partial charge < -0.3 is 9.64 Å². The summed E-state index contributed by atoms with van der Waals surface area (Å²) in [6.07, 6.45) is 0.992. The smallest absolute Gasteiger partial charge is 0.262 e. The first-order valence-corrected chi connectivity index (χ1v) is 8.15. The van der Waals surface area contributed by atoms with Gasteiger partial charge in [-0.3, -0.25) is 14.2 Å². The molecule has 0 radical (unpaired) electrons. The molecule has 1 aliphatic rings. The molecular weight excluding hydrogens is 334 g/mol. The number of fused-ring (bicyclic) bond motifs is 1. The van der Waals surface area contributed by atoms with Gasteiger partial charge in [0, 0.05) is 6.54 Å². The maximum Gasteiger partial charge on any atom is 0.262 e. The lowest BCUT2D eigenvalue weighted by Crippen LogP contribution is -2.44. The van der Waals surface area contributed by atoms with Crippen molar-refractivity contribution >= 4 is 27.5 Å². The number of nitrogens with one attached hydrogen (secondary N) is 1. The van der Waals surface area contributed by atoms with Crippen LogP contribution in [0.4, 0.5) is 0 Å². The minimum atomic E-state index is -0.421. The molecule has 3 aromatic heterocycles. The fourth-order valence-electron chi connectivity index (χ4n) is 2.59. The van der Waals surface area contributed by atoms with E-state index in [4.69, 9.17) is 4.74 Å². The number of hydrogen-bond donors (Lipinski definition) is 1. The van der Waals surface area contributed by atoms with Crippen molar-refractivity contribution in [1.82, 2.24) is 35.1 Å². The molecular formula is C13H13N7O3S. The van der Waals surface area contributed by atoms with Gasteiger partial charge in [0.15, 0.2) is 0 Å². The van der Waals surface area contributed by atoms with Crippen LogP contribution in [0.3, 0.4) is 0 Å². The van der Waals surface area contributed by atoms with Crippen LogP contribution in [-0.4, -0.2) is 60.7 Å². The standard InChI is InChI=1S/C13H13N7O3S/c21-10(6-20-7-14-12-8(13(20)22)1-4-24-12)19-2-3-23-9(5-19)11-15-17-18-16-11/h1,4,7,9H,2-3,5-6H2,(H,15,16,17,18). The van der Waals surface area contributed by atoms with Crippen LogP contribution in [-0.2, 0) is 16.1 Å². The molecule has 0 spiro atoms. The van der Waals surface area contributed by atoms with Crippen molar-refractivity contribution in [2.24, 2.45) is 0 Å². The molecule has 1 aliphatic heterocycles. The van der Waals surface area contributed by atoms with Crippen LogP contribution in [0.5, 0.6) is 0 Å². The summed E-state index contributed by atoms with van der Waals surface area (Å²) >= 11 is 1.40. The number of ether oxygens (including phenoxy) is 1. The van der Waals surface area contributed by atoms with Gasteiger partial charge in [-0.2, -0.15) is 5.21 Å². The second-order valence-corrected chi connectivity index (χ2v) is 6.18. The largest absolute Gasteiger partial charge is 0.366 e. The van der Waals surface area contributed by atoms with Gasteiger partial charge in [0.2, 0.25) is 11.7 Å². The molecule has 1 unspecified atom stereocenters. The summed E-state index contributed by atoms with van der Waals surface area (Å²) in [6, 6.07) is 1.72. The molecule has 4 rings (SSSR count). The lowest BCUT2D eigenvalue weighted by molar-refractivity contribution is -0.140. The highest BCUT2D eigenvalue weighted by Crippen LogP contribution is 2.18. The predicted octanol–water partition coefficient (Wildman–Crippen LogP) is -0.429. The number of H-pyrrole nitrogens is 1. The zero-order chi connectivity index (χ0) is 16.5. The number of rotatable bonds is 3. The second-order valence-electron chi connectivity index (χ2n) is 5.29. The molecule has 0 aromatic carbocycles. The van der Waals surface area contributed by atoms with Crippen LogP contribution in [0, 0.1) is 0 Å². The molecule has 24 heavy (non-hydrogen) atoms. The fourth-order valence-corrected chi connectivity index (χ4v) is 3.31. The van der Waals surface area contributed by atoms with E-state index in [-0.39, 0.29) is 18.0 Å². The number of thiophene rings is 1. The van der Waals surface area contributed by atoms with E-state index in [0.717, 1.165) is 0 Å². The molecule has 11 heteroatoms. The number of nitrogens with zero attached hydrogens (tertiary/aromatic N) is 6. The number of carbonyl (C=O) groups excluding carboxylic acids is 1. The first kappa shape index (κ1) is 14.9. The van der Waals surface area contributed by atoms with Gasteiger partial charge >= 0.3 is 0 Å². The van der Waals surface area contributed by atoms with Crippen LogP contribution in [0.1, 0.15) is 11.9 Å². The quantitative estimate of drug-likeness (QED) is 0.683. The molecule has 1 atom stereocenters. The number of aromatic amines is 1. The Morgan fingerprint density at radius 3 is 3.25 bits per heavy atom. The maximum absolute atomic E-state index is 12.5. The van der Waals surface area contributed by atoms with Crippen molar-refractivity contribution in [3.05, 3.63) is 34.0 Å². The zero-order valence-corrected chi connectivity index (χ0v) is 13.3. The third-order valence-corrected chi connectivity index (χ3v) is 4.65. The monoisotopic (exact) mass is 347 g/mol. The molecule has 1 saturated heterocycles. The highest BCUT2D eigenvalue weighted by molar-refractivity contribution is 7.16. The van der Waals surface area contributed by atoms with Crippen LogP contribution < -0.4 is 5.56 Å². The van der Waals surface area contributed by atoms with E-state index in [2.05, 4.69) is 25.6 Å². The number of tetrazole rings is 1. The minimum Gasteiger partial charge on any atom is -0.366 e. The first-order valence-electron chi connectivity index (χ1n) is 7.28. The summed E-state index contributed by atoms with van der Waals surface area (Å²) in [5.41, 5.74) is -0.211. The van der Waals surface area contributed by atoms with E-state index >= 15 is 0 Å². The Morgan fingerprint density at radius 2 is 2.42 bits per heavy atom. The van der Waals surface area contributed by atoms with Crippen molar-refractivity contribution in [2.75, 3.05) is 19.7 Å². The van der Waals surface area contributed by atoms with Crippen molar-refractivity contribution in [3.63, 3.8) is 0 Å². The fraction of sp³-hybridized carbons (Fsp3) is 0.385. The van der Waals surface area contributed by atoms with E-state index in [1.54, 1.807) is 11.0 Å². The Hall–Kier alpha value is -2.66. The highest BCUT2D eigenvalue weighted by Gasteiger charge is 2.28. The average Bonchev–Trinajstić information content (AvgIpc) is 3.29. The number of hydrogen-bond acceptors (Lipinski definition) is 8. The summed E-state index contributed by atoms with van der Waals surface area (Å²) in [5, 5.41) is 16.0. The molecule has 1 amide bonds. The number of amides is 1. The van der Waals surface area contributed by atoms with E-state index < -0.39 is 6.10 Å². The topological polar surface area (TPSA) is 119 Å². The Labute approximate surface area is 139 Å². The molecule has 10 nitrogen and oxygen atoms in total. The Morgan fingerprint density at radius 1 is 1.50 bits per heavy atom. The lowest BCUT2D eigenvalue weighted by Gasteiger charge is -2.31. The summed E-state index contributed by atoms with van der Waals surface area (Å²) < 4.78 is 6.90. The SMILES string of the molecule is O=C(Cn1cnc2sccc2c1=O)N1CCOC(c2nn[nH]n2)C1. The van der Waals surface area contributed by atoms with Crippen LogP contribution in [0.15, 0.2) is 22.6 Å². The van der Waals surface area contributed by atoms with Gasteiger partial charge in [0.1, 0.15) is 17.5 Å². The number of carbonyl (C=O) groups is 1. The van der Waals surface area contributed by atoms with Crippen LogP contribution in [0.25, 0.3) is 10.2 Å². The van der Waals surface area contributed by atoms with Gasteiger partial charge in [-0.15, -0.1) is 21.5 Å². The summed E-state index contributed by atoms with van der Waals surface area (Å²) in [5.74, 6) is 0.233. The van der Waals surface area contributed by atoms with E-state index in [0.29, 0.717) is 35.7 Å². The molecule has 0 saturated carbocycles. The summed E-state index contributed by atoms with van der Waals surface area (Å²) in [7, 11) is 0. The third-order valence-electron chi connectivity index (χ3n) is 3.82. The molecule has 0 aliphatic carbocycles. The average molecular weight is 347 g/mol. The lowest BCUT2D eigenvalue weighted by atomic mass is 10.2. The van der Waals surface area contributed by atoms with Gasteiger partial charge in [0.05, 0.1) is 24.9 Å². The van der Waals surface area contributed by atoms with Gasteiger partial charge in [-0.05, 0) is 11.4 Å². The summed E-state index contributed by atoms with van der Waals surface area (Å²) in [6.45, 7) is 1.09. The van der Waals surface area contributed by atoms with Gasteiger partial charge in [0.25, 0.3) is 5.56 Å². The summed E-state index contributed by atoms with van der Waals surface area (Å²) in [4.78, 5) is 31.4. The van der Waals surface area contributed by atoms with E-state index in [1.165, 1.54) is 22.2 Å². The Kier molecular flexibility index (Phi) is 3.78. The zero-order valence-electron chi connectivity index (χ0n) is 12.5. The van der Waals surface area contributed by atoms with Crippen LogP contribution >= 0.6 is 11.3 Å². The normalized spacial score (nSPS) is 18.2. The molecule has 3 aromatic rings. The maximum atomic E-state index is 12.5. The Bertz CT molecular complexity index is 919. The van der Waals surface area contributed by atoms with E-state index in [9.17, 15) is 9.59 Å². The molecule has 0 bridgehead atoms. The molecule has 1 fully saturated rings. The molecule has 4 heterocycles. The van der Waals surface area contributed by atoms with Crippen molar-refractivity contribution in [3.8, 4) is 0 Å². The second kappa shape index (κ2) is 6.09. The van der Waals surface area contributed by atoms with Crippen LogP contribution in [0.2, 0.25) is 0 Å². The number of aromatic nitrogens is 6. The highest BCUT2D eigenvalue weighted by atomic mass is 32.1. The Balaban J connectivity index is 1.50. The van der Waals surface area contributed by atoms with Crippen molar-refractivity contribution in [2.45, 2.75) is 12.6 Å². The third kappa shape index (κ3) is 2.67. The molecule has 1 N–H and O–H groups in total. The van der Waals surface area contributed by atoms with Gasteiger partial charge in [-0.25, -0.2) is 4.98 Å². The van der Waals surface area contributed by atoms with Crippen molar-refractivity contribution < 1.29 is 9.53 Å². The predicted molar refractivity (Wildman–Crippen MR) is 83.3 cm³/mol. The first-order chi connectivity index (χ1) is 11.7. The van der Waals surface area contributed by atoms with Gasteiger partial charge in [-0.1, -0.05) is 5.21 Å². The minimum absolute atomic E-state index is 0.0589. The number of morpholine rings is 1.